The number of guanidine groups is 1. The number of hydrogen-bond acceptors (Lipinski definition) is 5. The fraction of sp³-hybridized carbons (Fsp3) is 0.929. The molecule has 0 radical (unpaired) electrons. The molecule has 1 saturated carbocycles. The van der Waals surface area contributed by atoms with Gasteiger partial charge in [0.2, 0.25) is 10.0 Å². The lowest BCUT2D eigenvalue weighted by Gasteiger charge is -2.45. The van der Waals surface area contributed by atoms with Gasteiger partial charge < -0.3 is 10.2 Å². The second-order valence-corrected chi connectivity index (χ2v) is 11.0. The zero-order valence-corrected chi connectivity index (χ0v) is 16.0. The van der Waals surface area contributed by atoms with E-state index in [1.54, 1.807) is 7.05 Å². The maximum Gasteiger partial charge on any atom is 0.208 e. The number of aliphatic imine (C=N–C) groups is 1. The van der Waals surface area contributed by atoms with Crippen LogP contribution in [0.25, 0.3) is 0 Å². The molecular formula is C14H28N4O4S2. The Kier molecular flexibility index (Phi) is 6.14. The lowest BCUT2D eigenvalue weighted by atomic mass is 9.87. The van der Waals surface area contributed by atoms with E-state index in [0.29, 0.717) is 25.6 Å². The summed E-state index contributed by atoms with van der Waals surface area (Å²) >= 11 is 0. The summed E-state index contributed by atoms with van der Waals surface area (Å²) in [6.07, 6.45) is 5.57. The van der Waals surface area contributed by atoms with Crippen molar-refractivity contribution in [3.8, 4) is 0 Å². The highest BCUT2D eigenvalue weighted by atomic mass is 32.2. The first-order valence-electron chi connectivity index (χ1n) is 8.32. The Morgan fingerprint density at radius 2 is 1.88 bits per heavy atom. The molecule has 10 heteroatoms. The van der Waals surface area contributed by atoms with Gasteiger partial charge in [-0.2, -0.15) is 0 Å². The molecule has 2 N–H and O–H groups in total. The quantitative estimate of drug-likeness (QED) is 0.388. The van der Waals surface area contributed by atoms with Gasteiger partial charge in [-0.05, 0) is 12.8 Å². The summed E-state index contributed by atoms with van der Waals surface area (Å²) in [6, 6.07) is 0. The lowest BCUT2D eigenvalue weighted by Crippen LogP contribution is -2.60. The summed E-state index contributed by atoms with van der Waals surface area (Å²) in [5, 5.41) is 3.12. The van der Waals surface area contributed by atoms with Gasteiger partial charge in [0, 0.05) is 33.2 Å². The van der Waals surface area contributed by atoms with Crippen LogP contribution in [0, 0.1) is 0 Å². The number of sulfone groups is 1. The van der Waals surface area contributed by atoms with Crippen LogP contribution in [-0.4, -0.2) is 77.7 Å². The standard InChI is InChI=1S/C14H28N4O4S2/c1-15-13(16-8-9-17-23(2,19)20)18-10-11-24(21,22)14(12-18)6-4-3-5-7-14/h17H,3-12H2,1-2H3,(H,15,16). The van der Waals surface area contributed by atoms with Crippen LogP contribution in [0.3, 0.4) is 0 Å². The molecule has 0 aromatic carbocycles. The Hall–Kier alpha value is -0.870. The van der Waals surface area contributed by atoms with Crippen molar-refractivity contribution in [1.29, 1.82) is 0 Å². The van der Waals surface area contributed by atoms with Gasteiger partial charge in [0.05, 0.1) is 16.8 Å². The maximum absolute atomic E-state index is 12.6. The predicted octanol–water partition coefficient (Wildman–Crippen LogP) is -0.456. The van der Waals surface area contributed by atoms with Crippen LogP contribution >= 0.6 is 0 Å². The second-order valence-electron chi connectivity index (χ2n) is 6.62. The molecule has 24 heavy (non-hydrogen) atoms. The van der Waals surface area contributed by atoms with Crippen molar-refractivity contribution in [2.45, 2.75) is 36.9 Å². The van der Waals surface area contributed by atoms with Crippen LogP contribution in [0.4, 0.5) is 0 Å². The number of nitrogens with zero attached hydrogens (tertiary/aromatic N) is 2. The number of sulfonamides is 1. The topological polar surface area (TPSA) is 108 Å². The molecule has 1 spiro atoms. The second kappa shape index (κ2) is 7.57. The molecule has 0 aromatic heterocycles. The van der Waals surface area contributed by atoms with Crippen LogP contribution in [0.2, 0.25) is 0 Å². The fourth-order valence-corrected chi connectivity index (χ4v) is 6.19. The average molecular weight is 381 g/mol. The molecule has 0 bridgehead atoms. The maximum atomic E-state index is 12.6. The van der Waals surface area contributed by atoms with Crippen molar-refractivity contribution in [1.82, 2.24) is 14.9 Å². The van der Waals surface area contributed by atoms with Crippen molar-refractivity contribution >= 4 is 25.8 Å². The SMILES string of the molecule is CN=C(NCCNS(C)(=O)=O)N1CCS(=O)(=O)C2(CCCCC2)C1. The zero-order valence-electron chi connectivity index (χ0n) is 14.4. The van der Waals surface area contributed by atoms with Crippen LogP contribution in [0.1, 0.15) is 32.1 Å². The highest BCUT2D eigenvalue weighted by Gasteiger charge is 2.48. The molecule has 1 aliphatic heterocycles. The minimum Gasteiger partial charge on any atom is -0.355 e. The van der Waals surface area contributed by atoms with Gasteiger partial charge in [-0.1, -0.05) is 19.3 Å². The molecule has 2 rings (SSSR count). The van der Waals surface area contributed by atoms with E-state index in [4.69, 9.17) is 0 Å². The van der Waals surface area contributed by atoms with Gasteiger partial charge in [-0.25, -0.2) is 21.6 Å². The summed E-state index contributed by atoms with van der Waals surface area (Å²) in [5.74, 6) is 0.778. The summed E-state index contributed by atoms with van der Waals surface area (Å²) in [4.78, 5) is 6.22. The number of hydrogen-bond donors (Lipinski definition) is 2. The predicted molar refractivity (Wildman–Crippen MR) is 95.4 cm³/mol. The van der Waals surface area contributed by atoms with Gasteiger partial charge in [0.1, 0.15) is 0 Å². The minimum absolute atomic E-state index is 0.148. The van der Waals surface area contributed by atoms with Crippen LogP contribution < -0.4 is 10.0 Å². The largest absolute Gasteiger partial charge is 0.355 e. The Balaban J connectivity index is 2.00. The van der Waals surface area contributed by atoms with E-state index in [2.05, 4.69) is 15.0 Å². The smallest absolute Gasteiger partial charge is 0.208 e. The summed E-state index contributed by atoms with van der Waals surface area (Å²) in [5.41, 5.74) is 0. The normalized spacial score (nSPS) is 24.1. The van der Waals surface area contributed by atoms with Gasteiger partial charge in [-0.3, -0.25) is 4.99 Å². The highest BCUT2D eigenvalue weighted by Crippen LogP contribution is 2.38. The molecule has 1 heterocycles. The van der Waals surface area contributed by atoms with Crippen molar-refractivity contribution in [3.63, 3.8) is 0 Å². The van der Waals surface area contributed by atoms with E-state index >= 15 is 0 Å². The van der Waals surface area contributed by atoms with E-state index in [0.717, 1.165) is 38.4 Å². The first-order valence-corrected chi connectivity index (χ1v) is 11.9. The molecule has 8 nitrogen and oxygen atoms in total. The summed E-state index contributed by atoms with van der Waals surface area (Å²) in [7, 11) is -4.64. The monoisotopic (exact) mass is 380 g/mol. The van der Waals surface area contributed by atoms with E-state index in [9.17, 15) is 16.8 Å². The van der Waals surface area contributed by atoms with Crippen molar-refractivity contribution in [3.05, 3.63) is 0 Å². The zero-order chi connectivity index (χ0) is 17.8. The van der Waals surface area contributed by atoms with E-state index in [-0.39, 0.29) is 12.3 Å². The fourth-order valence-electron chi connectivity index (χ4n) is 3.56. The molecule has 0 atom stereocenters. The summed E-state index contributed by atoms with van der Waals surface area (Å²) < 4.78 is 49.2. The lowest BCUT2D eigenvalue weighted by molar-refractivity contribution is 0.274. The molecule has 0 unspecified atom stereocenters. The Morgan fingerprint density at radius 3 is 2.46 bits per heavy atom. The Labute approximate surface area is 145 Å². The van der Waals surface area contributed by atoms with Crippen molar-refractivity contribution in [2.24, 2.45) is 4.99 Å². The Bertz CT molecular complexity index is 667. The third-order valence-electron chi connectivity index (χ3n) is 4.82. The molecular weight excluding hydrogens is 352 g/mol. The van der Waals surface area contributed by atoms with Gasteiger partial charge in [-0.15, -0.1) is 0 Å². The van der Waals surface area contributed by atoms with E-state index in [1.807, 2.05) is 4.90 Å². The summed E-state index contributed by atoms with van der Waals surface area (Å²) in [6.45, 7) is 1.54. The average Bonchev–Trinajstić information content (AvgIpc) is 2.51. The highest BCUT2D eigenvalue weighted by molar-refractivity contribution is 7.92. The number of nitrogens with one attached hydrogen (secondary N) is 2. The van der Waals surface area contributed by atoms with Gasteiger partial charge in [0.15, 0.2) is 15.8 Å². The first-order chi connectivity index (χ1) is 11.2. The third-order valence-corrected chi connectivity index (χ3v) is 8.12. The van der Waals surface area contributed by atoms with Crippen LogP contribution in [-0.2, 0) is 19.9 Å². The van der Waals surface area contributed by atoms with Gasteiger partial charge in [0.25, 0.3) is 0 Å². The molecule has 1 aliphatic carbocycles. The van der Waals surface area contributed by atoms with E-state index in [1.165, 1.54) is 0 Å². The Morgan fingerprint density at radius 1 is 1.21 bits per heavy atom. The third kappa shape index (κ3) is 4.60. The molecule has 140 valence electrons. The van der Waals surface area contributed by atoms with Gasteiger partial charge >= 0.3 is 0 Å². The molecule has 2 aliphatic rings. The minimum atomic E-state index is -3.21. The molecule has 2 fully saturated rings. The molecule has 0 amide bonds. The number of rotatable bonds is 4. The molecule has 1 saturated heterocycles. The van der Waals surface area contributed by atoms with Crippen LogP contribution in [0.15, 0.2) is 4.99 Å². The van der Waals surface area contributed by atoms with Crippen LogP contribution in [0.5, 0.6) is 0 Å². The first kappa shape index (κ1) is 19.5. The van der Waals surface area contributed by atoms with Crippen molar-refractivity contribution < 1.29 is 16.8 Å². The van der Waals surface area contributed by atoms with Crippen molar-refractivity contribution in [2.75, 3.05) is 45.2 Å². The molecule has 0 aromatic rings. The van der Waals surface area contributed by atoms with E-state index < -0.39 is 24.6 Å².